The Hall–Kier alpha value is -4.88. The minimum Gasteiger partial charge on any atom is -0.481 e. The lowest BCUT2D eigenvalue weighted by Crippen LogP contribution is -2.57. The van der Waals surface area contributed by atoms with E-state index in [-0.39, 0.29) is 32.3 Å². The summed E-state index contributed by atoms with van der Waals surface area (Å²) in [5.41, 5.74) is 19.6. The molecule has 4 aromatic carbocycles. The van der Waals surface area contributed by atoms with Gasteiger partial charge >= 0.3 is 30.3 Å². The molecule has 4 amide bonds. The van der Waals surface area contributed by atoms with Crippen LogP contribution in [0.2, 0.25) is 20.1 Å². The van der Waals surface area contributed by atoms with Gasteiger partial charge in [0, 0.05) is 162 Å². The minimum absolute atomic E-state index is 0. The van der Waals surface area contributed by atoms with Crippen LogP contribution in [0.1, 0.15) is 164 Å². The molecule has 4 aromatic rings. The molecular formula is C70H103B10Cl4N7O10. The Bertz CT molecular complexity index is 2950. The van der Waals surface area contributed by atoms with E-state index < -0.39 is 75.7 Å². The normalized spacial score (nSPS) is 20.5. The highest BCUT2D eigenvalue weighted by Gasteiger charge is 2.45. The van der Waals surface area contributed by atoms with Crippen molar-refractivity contribution in [2.45, 2.75) is 207 Å². The number of carbonyl (C=O) groups excluding carboxylic acids is 4. The quantitative estimate of drug-likeness (QED) is 0.0809. The molecule has 14 radical (unpaired) electrons. The van der Waals surface area contributed by atoms with E-state index in [1.165, 1.54) is 4.90 Å². The van der Waals surface area contributed by atoms with E-state index in [2.05, 4.69) is 15.5 Å². The maximum absolute atomic E-state index is 12.3. The summed E-state index contributed by atoms with van der Waals surface area (Å²) in [6.45, 7) is 26.6. The highest BCUT2D eigenvalue weighted by Crippen LogP contribution is 2.36. The van der Waals surface area contributed by atoms with Crippen molar-refractivity contribution in [3.05, 3.63) is 139 Å². The molecule has 0 aliphatic carbocycles. The van der Waals surface area contributed by atoms with E-state index in [1.54, 1.807) is 47.6 Å². The lowest BCUT2D eigenvalue weighted by molar-refractivity contribution is -0.152. The first kappa shape index (κ1) is 92.2. The first-order valence-corrected chi connectivity index (χ1v) is 35.3. The second-order valence-corrected chi connectivity index (χ2v) is 32.4. The third kappa shape index (κ3) is 35.2. The van der Waals surface area contributed by atoms with E-state index in [0.29, 0.717) is 85.2 Å². The van der Waals surface area contributed by atoms with Crippen LogP contribution in [0, 0.1) is 5.41 Å². The molecule has 536 valence electrons. The summed E-state index contributed by atoms with van der Waals surface area (Å²) in [6.07, 6.45) is 6.01. The molecule has 4 atom stereocenters. The summed E-state index contributed by atoms with van der Waals surface area (Å²) in [7, 11) is 33.8. The van der Waals surface area contributed by atoms with Crippen LogP contribution in [0.4, 0.5) is 19.2 Å². The van der Waals surface area contributed by atoms with Crippen LogP contribution in [-0.4, -0.2) is 220 Å². The minimum atomic E-state index is -0.997. The number of hydrogen-bond acceptors (Lipinski definition) is 12. The Morgan fingerprint density at radius 1 is 0.406 bits per heavy atom. The topological polar surface area (TPSA) is 234 Å². The van der Waals surface area contributed by atoms with E-state index in [4.69, 9.17) is 121 Å². The van der Waals surface area contributed by atoms with E-state index in [0.717, 1.165) is 80.0 Å². The van der Waals surface area contributed by atoms with Crippen LogP contribution in [0.3, 0.4) is 0 Å². The van der Waals surface area contributed by atoms with Gasteiger partial charge in [-0.1, -0.05) is 102 Å². The summed E-state index contributed by atoms with van der Waals surface area (Å²) < 4.78 is 21.7. The van der Waals surface area contributed by atoms with Crippen LogP contribution in [-0.2, 0) is 49.4 Å². The van der Waals surface area contributed by atoms with Gasteiger partial charge in [0.05, 0.1) is 5.41 Å². The van der Waals surface area contributed by atoms with Crippen LogP contribution in [0.15, 0.2) is 97.1 Å². The third-order valence-corrected chi connectivity index (χ3v) is 17.2. The number of likely N-dealkylation sites (tertiary alicyclic amines) is 4. The molecule has 2 unspecified atom stereocenters. The van der Waals surface area contributed by atoms with Crippen LogP contribution in [0.5, 0.6) is 0 Å². The molecule has 0 aromatic heterocycles. The lowest BCUT2D eigenvalue weighted by Gasteiger charge is -2.40. The molecule has 4 heterocycles. The van der Waals surface area contributed by atoms with Gasteiger partial charge in [-0.15, -0.1) is 0 Å². The highest BCUT2D eigenvalue weighted by atomic mass is 35.5. The number of aliphatic carboxylic acids is 1. The number of benzene rings is 4. The summed E-state index contributed by atoms with van der Waals surface area (Å²) in [5.74, 6) is -0.884. The number of carboxylic acid groups (broad SMARTS) is 1. The Morgan fingerprint density at radius 3 is 0.812 bits per heavy atom. The number of piperidine rings is 4. The van der Waals surface area contributed by atoms with Gasteiger partial charge in [-0.2, -0.15) is 0 Å². The van der Waals surface area contributed by atoms with Crippen molar-refractivity contribution in [1.29, 1.82) is 0 Å². The molecule has 0 bridgehead atoms. The molecule has 101 heavy (non-hydrogen) atoms. The van der Waals surface area contributed by atoms with Gasteiger partial charge in [-0.05, 0) is 231 Å². The lowest BCUT2D eigenvalue weighted by atomic mass is 8.68. The maximum Gasteiger partial charge on any atom is 0.410 e. The average Bonchev–Trinajstić information content (AvgIpc) is 0.810. The number of nitrogens with zero attached hydrogens (tertiary/aromatic N) is 4. The van der Waals surface area contributed by atoms with Crippen molar-refractivity contribution in [3.63, 3.8) is 0 Å². The molecule has 31 heteroatoms. The van der Waals surface area contributed by atoms with E-state index in [1.807, 2.05) is 147 Å². The first-order chi connectivity index (χ1) is 46.2. The predicted octanol–water partition coefficient (Wildman–Crippen LogP) is 11.6. The van der Waals surface area contributed by atoms with Crippen LogP contribution in [0.25, 0.3) is 0 Å². The van der Waals surface area contributed by atoms with Crippen molar-refractivity contribution >= 4 is 150 Å². The summed E-state index contributed by atoms with van der Waals surface area (Å²) >= 11 is 23.6. The summed E-state index contributed by atoms with van der Waals surface area (Å²) in [5, 5.41) is 12.6. The van der Waals surface area contributed by atoms with E-state index >= 15 is 0 Å². The number of halogens is 4. The zero-order chi connectivity index (χ0) is 75.8. The van der Waals surface area contributed by atoms with Gasteiger partial charge < -0.3 is 60.9 Å². The fourth-order valence-electron chi connectivity index (χ4n) is 11.6. The number of carboxylic acids is 1. The predicted molar refractivity (Wildman–Crippen MR) is 424 cm³/mol. The maximum atomic E-state index is 12.3. The van der Waals surface area contributed by atoms with Gasteiger partial charge in [-0.25, -0.2) is 19.2 Å². The van der Waals surface area contributed by atoms with Crippen molar-refractivity contribution in [1.82, 2.24) is 19.6 Å². The molecule has 0 spiro atoms. The molecule has 4 aliphatic heterocycles. The molecule has 17 nitrogen and oxygen atoms in total. The summed E-state index contributed by atoms with van der Waals surface area (Å²) in [6, 6.07) is 30.3. The van der Waals surface area contributed by atoms with Crippen molar-refractivity contribution in [3.8, 4) is 0 Å². The molecule has 4 saturated heterocycles. The van der Waals surface area contributed by atoms with E-state index in [9.17, 15) is 29.1 Å². The SMILES string of the molecule is C.CC(C)(C)OC(=O)N1CCCC(Cc2ccc(Cl)cc2)(C(=O)O)C1.CC(C)(C)OC(=O)N1CCCC(N)(Cc2ccc(Cl)cc2)C1.CC(C)(C)OC(=O)N1CCC[C@@](N)(Cc2ccc(Cl)cc2)C1.CC(C)(C)OC(=O)N1CCC[C@](N)(Cc2ccc(Cl)cc2)C1.[B]B([B])B([B])B([B])[B].[B][B]. The largest absolute Gasteiger partial charge is 0.481 e. The van der Waals surface area contributed by atoms with Crippen LogP contribution >= 0.6 is 46.4 Å². The molecular weight excluding hydrogens is 1350 g/mol. The third-order valence-electron chi connectivity index (χ3n) is 16.2. The Labute approximate surface area is 634 Å². The second kappa shape index (κ2) is 41.1. The number of nitrogens with two attached hydrogens (primary N) is 3. The van der Waals surface area contributed by atoms with Crippen molar-refractivity contribution in [2.24, 2.45) is 22.6 Å². The molecule has 4 fully saturated rings. The standard InChI is InChI=1S/C18H24ClNO4.3C17H25ClN2O2.CH4.B8.B2/c1-17(2,3)24-16(23)20-10-4-9-18(12-20,15(21)22)11-13-5-7-14(19)8-6-13;3*1-16(2,3)22-15(21)20-10-4-9-17(19,12-20)11-13-5-7-14(18)8-6-13;;1-6(2)8(5)7(3)4;1-2/h5-8H,4,9-12H2,1-3H3,(H,21,22);3*5-8H,4,9-12,19H2,1-3H3;1H4;;/t;2*17-;;;;/m.10..../s1. The molecule has 7 N–H and O–H groups in total. The zero-order valence-electron chi connectivity index (χ0n) is 60.8. The highest BCUT2D eigenvalue weighted by molar-refractivity contribution is 7.89. The van der Waals surface area contributed by atoms with Gasteiger partial charge in [0.25, 0.3) is 0 Å². The van der Waals surface area contributed by atoms with Crippen LogP contribution < -0.4 is 17.2 Å². The average molecular weight is 1450 g/mol. The smallest absolute Gasteiger partial charge is 0.410 e. The fourth-order valence-corrected chi connectivity index (χ4v) is 12.1. The van der Waals surface area contributed by atoms with Crippen molar-refractivity contribution < 1.29 is 48.0 Å². The number of ether oxygens (including phenoxy) is 4. The Balaban J connectivity index is 0.000000436. The van der Waals surface area contributed by atoms with Gasteiger partial charge in [-0.3, -0.25) is 4.79 Å². The number of amides is 4. The molecule has 4 aliphatic rings. The van der Waals surface area contributed by atoms with Gasteiger partial charge in [0.1, 0.15) is 22.4 Å². The fraction of sp³-hybridized carbons (Fsp3) is 0.586. The number of hydrogen-bond donors (Lipinski definition) is 4. The molecule has 0 saturated carbocycles. The zero-order valence-corrected chi connectivity index (χ0v) is 63.8. The van der Waals surface area contributed by atoms with Gasteiger partial charge in [0.15, 0.2) is 0 Å². The monoisotopic (exact) mass is 1450 g/mol. The Morgan fingerprint density at radius 2 is 0.614 bits per heavy atom. The second-order valence-electron chi connectivity index (χ2n) is 30.6. The van der Waals surface area contributed by atoms with Crippen molar-refractivity contribution in [2.75, 3.05) is 52.4 Å². The van der Waals surface area contributed by atoms with Gasteiger partial charge in [0.2, 0.25) is 0 Å². The summed E-state index contributed by atoms with van der Waals surface area (Å²) in [4.78, 5) is 67.7. The first-order valence-electron chi connectivity index (χ1n) is 33.8. The molecule has 8 rings (SSSR count). The number of carbonyl (C=O) groups is 5. The number of rotatable bonds is 11. The Kier molecular flexibility index (Phi) is 37.6.